The van der Waals surface area contributed by atoms with Crippen molar-refractivity contribution in [2.24, 2.45) is 0 Å². The Balaban J connectivity index is 1.93. The molecule has 0 radical (unpaired) electrons. The van der Waals surface area contributed by atoms with Crippen LogP contribution < -0.4 is 5.32 Å². The molecule has 3 nitrogen and oxygen atoms in total. The fraction of sp³-hybridized carbons (Fsp3) is 0.154. The average molecular weight is 445 g/mol. The molecule has 0 fully saturated rings. The van der Waals surface area contributed by atoms with Gasteiger partial charge in [-0.05, 0) is 30.5 Å². The normalized spacial score (nSPS) is 11.5. The standard InChI is InChI=1S/C26H24N2OS2/c1-19(2)28-24(29)23-25(30-18-27-23)31-26(20-12-6-3-7-13-20,21-14-8-4-9-15-21)22-16-10-5-11-17-22/h3-19H,1-2H3,(H,28,29). The summed E-state index contributed by atoms with van der Waals surface area (Å²) in [4.78, 5) is 17.3. The number of hydrogen-bond acceptors (Lipinski definition) is 4. The third kappa shape index (κ3) is 4.43. The average Bonchev–Trinajstić information content (AvgIpc) is 3.27. The zero-order valence-corrected chi connectivity index (χ0v) is 19.1. The first kappa shape index (κ1) is 21.3. The first-order valence-electron chi connectivity index (χ1n) is 10.2. The van der Waals surface area contributed by atoms with Crippen molar-refractivity contribution in [2.45, 2.75) is 28.8 Å². The molecule has 4 rings (SSSR count). The molecule has 1 heterocycles. The minimum atomic E-state index is -0.525. The highest BCUT2D eigenvalue weighted by Crippen LogP contribution is 2.53. The van der Waals surface area contributed by atoms with Crippen LogP contribution in [0.5, 0.6) is 0 Å². The van der Waals surface area contributed by atoms with Crippen LogP contribution in [0.1, 0.15) is 41.0 Å². The van der Waals surface area contributed by atoms with Crippen LogP contribution in [0.2, 0.25) is 0 Å². The number of nitrogens with one attached hydrogen (secondary N) is 1. The number of aromatic nitrogens is 1. The second-order valence-electron chi connectivity index (χ2n) is 7.50. The van der Waals surface area contributed by atoms with E-state index in [1.54, 1.807) is 17.3 Å². The first-order chi connectivity index (χ1) is 15.1. The zero-order chi connectivity index (χ0) is 21.7. The van der Waals surface area contributed by atoms with Crippen LogP contribution >= 0.6 is 23.1 Å². The fourth-order valence-corrected chi connectivity index (χ4v) is 6.11. The second kappa shape index (κ2) is 9.50. The minimum Gasteiger partial charge on any atom is -0.348 e. The SMILES string of the molecule is CC(C)NC(=O)c1ncsc1SC(c1ccccc1)(c1ccccc1)c1ccccc1. The van der Waals surface area contributed by atoms with Crippen molar-refractivity contribution in [1.29, 1.82) is 0 Å². The summed E-state index contributed by atoms with van der Waals surface area (Å²) < 4.78 is 0.373. The summed E-state index contributed by atoms with van der Waals surface area (Å²) in [5, 5.41) is 2.98. The molecule has 1 amide bonds. The number of thioether (sulfide) groups is 1. The van der Waals surface area contributed by atoms with Crippen LogP contribution in [0, 0.1) is 0 Å². The Morgan fingerprint density at radius 2 is 1.29 bits per heavy atom. The lowest BCUT2D eigenvalue weighted by Crippen LogP contribution is -2.31. The molecule has 4 aromatic rings. The van der Waals surface area contributed by atoms with Gasteiger partial charge in [-0.1, -0.05) is 103 Å². The highest BCUT2D eigenvalue weighted by molar-refractivity contribution is 8.02. The minimum absolute atomic E-state index is 0.0502. The Kier molecular flexibility index (Phi) is 6.54. The van der Waals surface area contributed by atoms with E-state index in [4.69, 9.17) is 0 Å². The molecule has 5 heteroatoms. The van der Waals surface area contributed by atoms with Crippen LogP contribution in [0.15, 0.2) is 101 Å². The number of nitrogens with zero attached hydrogens (tertiary/aromatic N) is 1. The van der Waals surface area contributed by atoms with E-state index in [9.17, 15) is 4.79 Å². The summed E-state index contributed by atoms with van der Waals surface area (Å²) in [6.45, 7) is 3.92. The molecule has 0 aliphatic carbocycles. The molecule has 1 N–H and O–H groups in total. The Morgan fingerprint density at radius 3 is 1.71 bits per heavy atom. The van der Waals surface area contributed by atoms with Gasteiger partial charge in [0.2, 0.25) is 0 Å². The predicted molar refractivity (Wildman–Crippen MR) is 130 cm³/mol. The molecule has 156 valence electrons. The molecule has 0 aliphatic heterocycles. The third-order valence-electron chi connectivity index (χ3n) is 4.96. The molecule has 31 heavy (non-hydrogen) atoms. The maximum atomic E-state index is 12.9. The summed E-state index contributed by atoms with van der Waals surface area (Å²) in [5.74, 6) is -0.137. The van der Waals surface area contributed by atoms with Crippen molar-refractivity contribution in [1.82, 2.24) is 10.3 Å². The summed E-state index contributed by atoms with van der Waals surface area (Å²) in [5.41, 5.74) is 5.70. The second-order valence-corrected chi connectivity index (χ2v) is 9.84. The van der Waals surface area contributed by atoms with Crippen molar-refractivity contribution in [3.63, 3.8) is 0 Å². The lowest BCUT2D eigenvalue weighted by Gasteiger charge is -2.35. The van der Waals surface area contributed by atoms with Gasteiger partial charge >= 0.3 is 0 Å². The summed E-state index contributed by atoms with van der Waals surface area (Å²) in [6, 6.07) is 31.5. The number of amides is 1. The van der Waals surface area contributed by atoms with E-state index in [-0.39, 0.29) is 11.9 Å². The van der Waals surface area contributed by atoms with E-state index in [2.05, 4.69) is 83.1 Å². The maximum absolute atomic E-state index is 12.9. The van der Waals surface area contributed by atoms with Crippen molar-refractivity contribution in [3.8, 4) is 0 Å². The molecule has 0 saturated carbocycles. The van der Waals surface area contributed by atoms with Crippen LogP contribution in [-0.4, -0.2) is 16.9 Å². The van der Waals surface area contributed by atoms with Crippen molar-refractivity contribution >= 4 is 29.0 Å². The third-order valence-corrected chi connectivity index (χ3v) is 7.51. The van der Waals surface area contributed by atoms with Gasteiger partial charge in [0.15, 0.2) is 5.69 Å². The predicted octanol–water partition coefficient (Wildman–Crippen LogP) is 6.37. The van der Waals surface area contributed by atoms with Crippen LogP contribution in [0.4, 0.5) is 0 Å². The number of carbonyl (C=O) groups excluding carboxylic acids is 1. The van der Waals surface area contributed by atoms with E-state index in [0.29, 0.717) is 5.69 Å². The van der Waals surface area contributed by atoms with Crippen molar-refractivity contribution in [2.75, 3.05) is 0 Å². The molecular weight excluding hydrogens is 420 g/mol. The monoisotopic (exact) mass is 444 g/mol. The van der Waals surface area contributed by atoms with Gasteiger partial charge in [-0.25, -0.2) is 4.98 Å². The van der Waals surface area contributed by atoms with Gasteiger partial charge in [-0.15, -0.1) is 11.3 Å². The Bertz CT molecular complexity index is 1030. The van der Waals surface area contributed by atoms with Crippen molar-refractivity contribution in [3.05, 3.63) is 119 Å². The number of benzene rings is 3. The molecule has 0 unspecified atom stereocenters. The van der Waals surface area contributed by atoms with E-state index in [1.165, 1.54) is 11.3 Å². The van der Waals surface area contributed by atoms with Crippen molar-refractivity contribution < 1.29 is 4.79 Å². The fourth-order valence-electron chi connectivity index (χ4n) is 3.62. The lowest BCUT2D eigenvalue weighted by molar-refractivity contribution is 0.0936. The number of carbonyl (C=O) groups is 1. The molecule has 0 bridgehead atoms. The number of thiazole rings is 1. The van der Waals surface area contributed by atoms with E-state index in [1.807, 2.05) is 32.0 Å². The smallest absolute Gasteiger partial charge is 0.272 e. The van der Waals surface area contributed by atoms with E-state index >= 15 is 0 Å². The first-order valence-corrected chi connectivity index (χ1v) is 11.9. The van der Waals surface area contributed by atoms with E-state index in [0.717, 1.165) is 20.9 Å². The number of hydrogen-bond donors (Lipinski definition) is 1. The molecule has 0 aliphatic rings. The zero-order valence-electron chi connectivity index (χ0n) is 17.5. The van der Waals surface area contributed by atoms with E-state index < -0.39 is 4.75 Å². The lowest BCUT2D eigenvalue weighted by atomic mass is 9.84. The Morgan fingerprint density at radius 1 is 0.839 bits per heavy atom. The Labute approximate surface area is 191 Å². The van der Waals surface area contributed by atoms with Crippen LogP contribution in [0.25, 0.3) is 0 Å². The molecule has 0 spiro atoms. The van der Waals surface area contributed by atoms with Gasteiger partial charge in [-0.3, -0.25) is 4.79 Å². The summed E-state index contributed by atoms with van der Waals surface area (Å²) >= 11 is 3.19. The summed E-state index contributed by atoms with van der Waals surface area (Å²) in [6.07, 6.45) is 0. The quantitative estimate of drug-likeness (QED) is 0.266. The molecule has 3 aromatic carbocycles. The van der Waals surface area contributed by atoms with Crippen LogP contribution in [0.3, 0.4) is 0 Å². The van der Waals surface area contributed by atoms with Gasteiger partial charge in [0.1, 0.15) is 0 Å². The van der Waals surface area contributed by atoms with Gasteiger partial charge in [-0.2, -0.15) is 0 Å². The van der Waals surface area contributed by atoms with Gasteiger partial charge in [0, 0.05) is 6.04 Å². The van der Waals surface area contributed by atoms with Gasteiger partial charge in [0.25, 0.3) is 5.91 Å². The topological polar surface area (TPSA) is 42.0 Å². The van der Waals surface area contributed by atoms with Gasteiger partial charge in [0.05, 0.1) is 14.5 Å². The highest BCUT2D eigenvalue weighted by Gasteiger charge is 2.39. The molecule has 1 aromatic heterocycles. The molecule has 0 saturated heterocycles. The highest BCUT2D eigenvalue weighted by atomic mass is 32.2. The maximum Gasteiger partial charge on any atom is 0.272 e. The Hall–Kier alpha value is -2.89. The molecule has 0 atom stereocenters. The number of rotatable bonds is 7. The van der Waals surface area contributed by atoms with Crippen LogP contribution in [-0.2, 0) is 4.75 Å². The summed E-state index contributed by atoms with van der Waals surface area (Å²) in [7, 11) is 0. The van der Waals surface area contributed by atoms with Gasteiger partial charge < -0.3 is 5.32 Å². The molecular formula is C26H24N2OS2. The largest absolute Gasteiger partial charge is 0.348 e.